The molecule has 0 aromatic carbocycles. The lowest BCUT2D eigenvalue weighted by Gasteiger charge is -2.20. The number of ether oxygens (including phenoxy) is 4. The normalized spacial score (nSPS) is 26.1. The van der Waals surface area contributed by atoms with Gasteiger partial charge in [-0.05, 0) is 0 Å². The highest BCUT2D eigenvalue weighted by molar-refractivity contribution is 5.90. The molecule has 1 aliphatic rings. The Labute approximate surface area is 144 Å². The highest BCUT2D eigenvalue weighted by Crippen LogP contribution is 2.31. The van der Waals surface area contributed by atoms with E-state index in [1.54, 1.807) is 0 Å². The van der Waals surface area contributed by atoms with Crippen molar-refractivity contribution >= 4 is 5.91 Å². The van der Waals surface area contributed by atoms with Gasteiger partial charge in [-0.2, -0.15) is 0 Å². The highest BCUT2D eigenvalue weighted by atomic mass is 16.6. The van der Waals surface area contributed by atoms with Crippen molar-refractivity contribution in [1.82, 2.24) is 20.1 Å². The Hall–Kier alpha value is -1.63. The maximum absolute atomic E-state index is 11.9. The number of hydrogen-bond acceptors (Lipinski definition) is 9. The van der Waals surface area contributed by atoms with Gasteiger partial charge in [-0.3, -0.25) is 4.79 Å². The molecule has 4 atom stereocenters. The molecule has 11 heteroatoms. The molecule has 1 amide bonds. The van der Waals surface area contributed by atoms with Crippen LogP contribution in [-0.2, 0) is 18.9 Å². The van der Waals surface area contributed by atoms with Gasteiger partial charge in [-0.1, -0.05) is 0 Å². The standard InChI is InChI=1S/C14H24N4O7/c1-22-4-3-15-13(21)12-16-8-18(17-12)14-11(24-6-5-23-2)10(20)9(7-19)25-14/h8-11,14,19-20H,3-7H2,1-2H3,(H,15,21)/t9-,10+,11?,14-/m1/s1. The fourth-order valence-corrected chi connectivity index (χ4v) is 2.38. The molecule has 1 unspecified atom stereocenters. The van der Waals surface area contributed by atoms with E-state index in [-0.39, 0.29) is 19.0 Å². The summed E-state index contributed by atoms with van der Waals surface area (Å²) < 4.78 is 22.2. The van der Waals surface area contributed by atoms with Gasteiger partial charge in [0, 0.05) is 20.8 Å². The molecule has 0 radical (unpaired) electrons. The second-order valence-electron chi connectivity index (χ2n) is 5.36. The molecule has 1 aromatic rings. The monoisotopic (exact) mass is 360 g/mol. The van der Waals surface area contributed by atoms with Gasteiger partial charge < -0.3 is 34.5 Å². The summed E-state index contributed by atoms with van der Waals surface area (Å²) in [6.45, 7) is 0.899. The number of carbonyl (C=O) groups is 1. The first-order valence-electron chi connectivity index (χ1n) is 7.85. The van der Waals surface area contributed by atoms with Crippen LogP contribution in [0.5, 0.6) is 0 Å². The summed E-state index contributed by atoms with van der Waals surface area (Å²) >= 11 is 0. The van der Waals surface area contributed by atoms with E-state index in [1.165, 1.54) is 25.2 Å². The molecule has 142 valence electrons. The van der Waals surface area contributed by atoms with Gasteiger partial charge in [0.2, 0.25) is 5.82 Å². The van der Waals surface area contributed by atoms with Crippen molar-refractivity contribution in [1.29, 1.82) is 0 Å². The Morgan fingerprint density at radius 1 is 1.36 bits per heavy atom. The zero-order valence-corrected chi connectivity index (χ0v) is 14.2. The van der Waals surface area contributed by atoms with Gasteiger partial charge in [0.1, 0.15) is 24.6 Å². The summed E-state index contributed by atoms with van der Waals surface area (Å²) in [5, 5.41) is 26.2. The maximum atomic E-state index is 11.9. The number of rotatable bonds is 10. The summed E-state index contributed by atoms with van der Waals surface area (Å²) in [5.74, 6) is -0.498. The van der Waals surface area contributed by atoms with Crippen LogP contribution in [0.25, 0.3) is 0 Å². The largest absolute Gasteiger partial charge is 0.394 e. The number of nitrogens with zero attached hydrogens (tertiary/aromatic N) is 3. The van der Waals surface area contributed by atoms with Crippen molar-refractivity contribution in [3.8, 4) is 0 Å². The van der Waals surface area contributed by atoms with E-state index in [0.29, 0.717) is 19.8 Å². The predicted octanol–water partition coefficient (Wildman–Crippen LogP) is -2.06. The van der Waals surface area contributed by atoms with Crippen LogP contribution >= 0.6 is 0 Å². The Kier molecular flexibility index (Phi) is 7.68. The van der Waals surface area contributed by atoms with Gasteiger partial charge >= 0.3 is 0 Å². The molecular formula is C14H24N4O7. The van der Waals surface area contributed by atoms with Crippen LogP contribution in [0.2, 0.25) is 0 Å². The third-order valence-electron chi connectivity index (χ3n) is 3.65. The van der Waals surface area contributed by atoms with Crippen molar-refractivity contribution < 1.29 is 34.0 Å². The fraction of sp³-hybridized carbons (Fsp3) is 0.786. The minimum atomic E-state index is -1.05. The maximum Gasteiger partial charge on any atom is 0.291 e. The second kappa shape index (κ2) is 9.75. The fourth-order valence-electron chi connectivity index (χ4n) is 2.38. The highest BCUT2D eigenvalue weighted by Gasteiger charge is 2.45. The van der Waals surface area contributed by atoms with E-state index in [2.05, 4.69) is 15.4 Å². The molecule has 11 nitrogen and oxygen atoms in total. The lowest BCUT2D eigenvalue weighted by Crippen LogP contribution is -2.36. The van der Waals surface area contributed by atoms with Gasteiger partial charge in [0.05, 0.1) is 26.4 Å². The van der Waals surface area contributed by atoms with Crippen LogP contribution in [0.3, 0.4) is 0 Å². The summed E-state index contributed by atoms with van der Waals surface area (Å²) in [4.78, 5) is 15.9. The lowest BCUT2D eigenvalue weighted by molar-refractivity contribution is -0.0852. The van der Waals surface area contributed by atoms with Crippen molar-refractivity contribution in [3.05, 3.63) is 12.2 Å². The van der Waals surface area contributed by atoms with E-state index < -0.39 is 30.4 Å². The van der Waals surface area contributed by atoms with Crippen LogP contribution in [0.4, 0.5) is 0 Å². The third kappa shape index (κ3) is 4.93. The van der Waals surface area contributed by atoms with E-state index in [4.69, 9.17) is 18.9 Å². The molecule has 1 saturated heterocycles. The second-order valence-corrected chi connectivity index (χ2v) is 5.36. The predicted molar refractivity (Wildman–Crippen MR) is 82.8 cm³/mol. The van der Waals surface area contributed by atoms with Crippen LogP contribution < -0.4 is 5.32 Å². The SMILES string of the molecule is COCCNC(=O)c1ncn([C@@H]2O[C@H](CO)[C@H](O)C2OCCOC)n1. The molecule has 2 rings (SSSR count). The van der Waals surface area contributed by atoms with E-state index >= 15 is 0 Å². The van der Waals surface area contributed by atoms with E-state index in [9.17, 15) is 15.0 Å². The Morgan fingerprint density at radius 3 is 2.80 bits per heavy atom. The first kappa shape index (κ1) is 19.7. The Balaban J connectivity index is 2.05. The van der Waals surface area contributed by atoms with Gasteiger partial charge in [0.25, 0.3) is 5.91 Å². The first-order chi connectivity index (χ1) is 12.1. The summed E-state index contributed by atoms with van der Waals surface area (Å²) in [6, 6.07) is 0. The quantitative estimate of drug-likeness (QED) is 0.402. The number of amides is 1. The molecule has 1 fully saturated rings. The molecular weight excluding hydrogens is 336 g/mol. The Morgan fingerprint density at radius 2 is 2.12 bits per heavy atom. The number of hydrogen-bond donors (Lipinski definition) is 3. The van der Waals surface area contributed by atoms with Gasteiger partial charge in [-0.15, -0.1) is 5.10 Å². The number of methoxy groups -OCH3 is 2. The molecule has 1 aromatic heterocycles. The minimum Gasteiger partial charge on any atom is -0.394 e. The first-order valence-corrected chi connectivity index (χ1v) is 7.85. The number of aromatic nitrogens is 3. The zero-order valence-electron chi connectivity index (χ0n) is 14.2. The van der Waals surface area contributed by atoms with Crippen LogP contribution in [0, 0.1) is 0 Å². The van der Waals surface area contributed by atoms with Crippen molar-refractivity contribution in [2.24, 2.45) is 0 Å². The molecule has 2 heterocycles. The molecule has 0 aliphatic carbocycles. The van der Waals surface area contributed by atoms with E-state index in [0.717, 1.165) is 0 Å². The van der Waals surface area contributed by atoms with Gasteiger partial charge in [-0.25, -0.2) is 9.67 Å². The van der Waals surface area contributed by atoms with Crippen molar-refractivity contribution in [2.75, 3.05) is 47.2 Å². The molecule has 0 spiro atoms. The third-order valence-corrected chi connectivity index (χ3v) is 3.65. The molecule has 0 bridgehead atoms. The summed E-state index contributed by atoms with van der Waals surface area (Å²) in [7, 11) is 3.06. The van der Waals surface area contributed by atoms with E-state index in [1.807, 2.05) is 0 Å². The number of carbonyl (C=O) groups excluding carboxylic acids is 1. The summed E-state index contributed by atoms with van der Waals surface area (Å²) in [5.41, 5.74) is 0. The number of aliphatic hydroxyl groups excluding tert-OH is 2. The minimum absolute atomic E-state index is 0.0442. The molecule has 0 saturated carbocycles. The van der Waals surface area contributed by atoms with Crippen LogP contribution in [0.15, 0.2) is 6.33 Å². The molecule has 3 N–H and O–H groups in total. The molecule has 25 heavy (non-hydrogen) atoms. The zero-order chi connectivity index (χ0) is 18.2. The van der Waals surface area contributed by atoms with Crippen molar-refractivity contribution in [3.63, 3.8) is 0 Å². The topological polar surface area (TPSA) is 137 Å². The summed E-state index contributed by atoms with van der Waals surface area (Å²) in [6.07, 6.45) is -2.15. The van der Waals surface area contributed by atoms with Crippen LogP contribution in [0.1, 0.15) is 16.8 Å². The number of aliphatic hydroxyl groups is 2. The average molecular weight is 360 g/mol. The van der Waals surface area contributed by atoms with Crippen molar-refractivity contribution in [2.45, 2.75) is 24.5 Å². The van der Waals surface area contributed by atoms with Gasteiger partial charge in [0.15, 0.2) is 6.23 Å². The Bertz CT molecular complexity index is 541. The van der Waals surface area contributed by atoms with Crippen LogP contribution in [-0.4, -0.2) is 96.4 Å². The number of nitrogens with one attached hydrogen (secondary N) is 1. The lowest BCUT2D eigenvalue weighted by atomic mass is 10.1. The average Bonchev–Trinajstić information content (AvgIpc) is 3.21. The molecule has 1 aliphatic heterocycles. The smallest absolute Gasteiger partial charge is 0.291 e.